The van der Waals surface area contributed by atoms with Crippen LogP contribution < -0.4 is 5.73 Å². The van der Waals surface area contributed by atoms with Gasteiger partial charge >= 0.3 is 0 Å². The summed E-state index contributed by atoms with van der Waals surface area (Å²) >= 11 is 3.41. The Bertz CT molecular complexity index is 299. The van der Waals surface area contributed by atoms with Gasteiger partial charge in [-0.3, -0.25) is 0 Å². The maximum atomic E-state index is 9.30. The molecule has 0 aliphatic heterocycles. The lowest BCUT2D eigenvalue weighted by Gasteiger charge is -2.15. The number of benzene rings is 1. The number of rotatable bonds is 2. The Morgan fingerprint density at radius 2 is 2.08 bits per heavy atom. The van der Waals surface area contributed by atoms with Crippen LogP contribution >= 0.6 is 15.9 Å². The van der Waals surface area contributed by atoms with Crippen molar-refractivity contribution in [3.8, 4) is 0 Å². The molecule has 0 aliphatic rings. The van der Waals surface area contributed by atoms with E-state index in [1.807, 2.05) is 25.1 Å². The van der Waals surface area contributed by atoms with E-state index in [0.717, 1.165) is 15.6 Å². The molecule has 2 atom stereocenters. The Kier molecular flexibility index (Phi) is 3.47. The molecule has 0 radical (unpaired) electrons. The Labute approximate surface area is 86.9 Å². The Balaban J connectivity index is 2.97. The topological polar surface area (TPSA) is 46.2 Å². The normalized spacial score (nSPS) is 15.5. The molecule has 3 N–H and O–H groups in total. The number of hydrogen-bond donors (Lipinski definition) is 2. The lowest BCUT2D eigenvalue weighted by Crippen LogP contribution is -2.23. The van der Waals surface area contributed by atoms with Gasteiger partial charge < -0.3 is 10.8 Å². The minimum atomic E-state index is -0.513. The first kappa shape index (κ1) is 10.7. The van der Waals surface area contributed by atoms with E-state index in [-0.39, 0.29) is 6.04 Å². The summed E-state index contributed by atoms with van der Waals surface area (Å²) in [6.45, 7) is 3.70. The molecule has 72 valence electrons. The lowest BCUT2D eigenvalue weighted by molar-refractivity contribution is 0.164. The molecule has 0 saturated carbocycles. The minimum Gasteiger partial charge on any atom is -0.391 e. The van der Waals surface area contributed by atoms with Crippen molar-refractivity contribution in [1.82, 2.24) is 0 Å². The van der Waals surface area contributed by atoms with Gasteiger partial charge in [-0.2, -0.15) is 0 Å². The van der Waals surface area contributed by atoms with Crippen LogP contribution in [0.5, 0.6) is 0 Å². The van der Waals surface area contributed by atoms with Crippen molar-refractivity contribution >= 4 is 15.9 Å². The third kappa shape index (κ3) is 2.53. The first-order chi connectivity index (χ1) is 6.02. The van der Waals surface area contributed by atoms with Crippen molar-refractivity contribution in [2.45, 2.75) is 26.0 Å². The summed E-state index contributed by atoms with van der Waals surface area (Å²) in [6.07, 6.45) is -0.513. The summed E-state index contributed by atoms with van der Waals surface area (Å²) < 4.78 is 1.06. The number of hydrogen-bond acceptors (Lipinski definition) is 2. The van der Waals surface area contributed by atoms with E-state index in [2.05, 4.69) is 15.9 Å². The molecule has 3 heteroatoms. The van der Waals surface area contributed by atoms with Gasteiger partial charge in [0, 0.05) is 4.47 Å². The number of halogens is 1. The van der Waals surface area contributed by atoms with Gasteiger partial charge in [0.25, 0.3) is 0 Å². The molecule has 0 bridgehead atoms. The van der Waals surface area contributed by atoms with Crippen molar-refractivity contribution < 1.29 is 5.11 Å². The molecule has 0 amide bonds. The van der Waals surface area contributed by atoms with E-state index in [1.54, 1.807) is 6.92 Å². The first-order valence-corrected chi connectivity index (χ1v) is 5.01. The van der Waals surface area contributed by atoms with Crippen LogP contribution in [0, 0.1) is 6.92 Å². The molecule has 0 aromatic heterocycles. The average molecular weight is 244 g/mol. The highest BCUT2D eigenvalue weighted by Gasteiger charge is 2.12. The highest BCUT2D eigenvalue weighted by atomic mass is 79.9. The molecule has 0 heterocycles. The molecule has 2 nitrogen and oxygen atoms in total. The standard InChI is InChI=1S/C10H14BrNO/c1-6-5-8(3-4-9(6)11)10(12)7(2)13/h3-5,7,10,13H,12H2,1-2H3. The SMILES string of the molecule is Cc1cc(C(N)C(C)O)ccc1Br. The van der Waals surface area contributed by atoms with Crippen molar-refractivity contribution in [3.63, 3.8) is 0 Å². The van der Waals surface area contributed by atoms with Gasteiger partial charge in [-0.25, -0.2) is 0 Å². The quantitative estimate of drug-likeness (QED) is 0.837. The average Bonchev–Trinajstić information content (AvgIpc) is 2.08. The smallest absolute Gasteiger partial charge is 0.0704 e. The van der Waals surface area contributed by atoms with Gasteiger partial charge in [-0.15, -0.1) is 0 Å². The van der Waals surface area contributed by atoms with Gasteiger partial charge in [-0.1, -0.05) is 28.1 Å². The summed E-state index contributed by atoms with van der Waals surface area (Å²) in [5, 5.41) is 9.30. The van der Waals surface area contributed by atoms with Crippen molar-refractivity contribution in [3.05, 3.63) is 33.8 Å². The maximum Gasteiger partial charge on any atom is 0.0704 e. The summed E-state index contributed by atoms with van der Waals surface area (Å²) in [7, 11) is 0. The van der Waals surface area contributed by atoms with Crippen LogP contribution in [0.1, 0.15) is 24.1 Å². The summed E-state index contributed by atoms with van der Waals surface area (Å²) in [6, 6.07) is 5.56. The molecule has 0 aliphatic carbocycles. The zero-order valence-corrected chi connectivity index (χ0v) is 9.38. The van der Waals surface area contributed by atoms with E-state index in [1.165, 1.54) is 0 Å². The highest BCUT2D eigenvalue weighted by molar-refractivity contribution is 9.10. The Hall–Kier alpha value is -0.380. The van der Waals surface area contributed by atoms with Crippen LogP contribution in [0.3, 0.4) is 0 Å². The van der Waals surface area contributed by atoms with Crippen LogP contribution in [-0.4, -0.2) is 11.2 Å². The van der Waals surface area contributed by atoms with Crippen LogP contribution in [0.4, 0.5) is 0 Å². The second kappa shape index (κ2) is 4.22. The van der Waals surface area contributed by atoms with Crippen LogP contribution in [0.2, 0.25) is 0 Å². The zero-order valence-electron chi connectivity index (χ0n) is 7.79. The van der Waals surface area contributed by atoms with E-state index in [9.17, 15) is 5.11 Å². The second-order valence-electron chi connectivity index (χ2n) is 3.28. The minimum absolute atomic E-state index is 0.299. The fourth-order valence-electron chi connectivity index (χ4n) is 1.15. The van der Waals surface area contributed by atoms with Crippen LogP contribution in [-0.2, 0) is 0 Å². The molecule has 13 heavy (non-hydrogen) atoms. The molecule has 1 aromatic rings. The van der Waals surface area contributed by atoms with E-state index < -0.39 is 6.10 Å². The molecule has 1 rings (SSSR count). The van der Waals surface area contributed by atoms with Gasteiger partial charge in [-0.05, 0) is 31.0 Å². The third-order valence-electron chi connectivity index (χ3n) is 2.09. The maximum absolute atomic E-state index is 9.30. The Morgan fingerprint density at radius 1 is 1.46 bits per heavy atom. The highest BCUT2D eigenvalue weighted by Crippen LogP contribution is 2.21. The van der Waals surface area contributed by atoms with E-state index in [0.29, 0.717) is 0 Å². The second-order valence-corrected chi connectivity index (χ2v) is 4.13. The molecule has 2 unspecified atom stereocenters. The van der Waals surface area contributed by atoms with Crippen molar-refractivity contribution in [2.24, 2.45) is 5.73 Å². The fraction of sp³-hybridized carbons (Fsp3) is 0.400. The Morgan fingerprint density at radius 3 is 2.54 bits per heavy atom. The zero-order chi connectivity index (χ0) is 10.0. The van der Waals surface area contributed by atoms with Crippen LogP contribution in [0.15, 0.2) is 22.7 Å². The number of aliphatic hydroxyl groups excluding tert-OH is 1. The monoisotopic (exact) mass is 243 g/mol. The van der Waals surface area contributed by atoms with Gasteiger partial charge in [0.1, 0.15) is 0 Å². The number of aliphatic hydroxyl groups is 1. The van der Waals surface area contributed by atoms with Crippen molar-refractivity contribution in [2.75, 3.05) is 0 Å². The van der Waals surface area contributed by atoms with Gasteiger partial charge in [0.2, 0.25) is 0 Å². The summed E-state index contributed by atoms with van der Waals surface area (Å²) in [5.41, 5.74) is 7.89. The van der Waals surface area contributed by atoms with Gasteiger partial charge in [0.05, 0.1) is 12.1 Å². The van der Waals surface area contributed by atoms with Crippen LogP contribution in [0.25, 0.3) is 0 Å². The van der Waals surface area contributed by atoms with E-state index in [4.69, 9.17) is 5.73 Å². The summed E-state index contributed by atoms with van der Waals surface area (Å²) in [4.78, 5) is 0. The third-order valence-corrected chi connectivity index (χ3v) is 2.98. The molecular formula is C10H14BrNO. The number of aryl methyl sites for hydroxylation is 1. The van der Waals surface area contributed by atoms with Gasteiger partial charge in [0.15, 0.2) is 0 Å². The predicted octanol–water partition coefficient (Wildman–Crippen LogP) is 2.14. The molecular weight excluding hydrogens is 230 g/mol. The lowest BCUT2D eigenvalue weighted by atomic mass is 10.0. The fourth-order valence-corrected chi connectivity index (χ4v) is 1.40. The molecule has 0 saturated heterocycles. The first-order valence-electron chi connectivity index (χ1n) is 4.22. The number of nitrogens with two attached hydrogens (primary N) is 1. The molecule has 1 aromatic carbocycles. The predicted molar refractivity (Wildman–Crippen MR) is 57.5 cm³/mol. The van der Waals surface area contributed by atoms with Crippen molar-refractivity contribution in [1.29, 1.82) is 0 Å². The summed E-state index contributed by atoms with van der Waals surface area (Å²) in [5.74, 6) is 0. The molecule has 0 spiro atoms. The largest absolute Gasteiger partial charge is 0.391 e. The van der Waals surface area contributed by atoms with E-state index >= 15 is 0 Å². The molecule has 0 fully saturated rings.